The third-order valence-corrected chi connectivity index (χ3v) is 3.52. The molecule has 0 aliphatic heterocycles. The fourth-order valence-electron chi connectivity index (χ4n) is 2.06. The summed E-state index contributed by atoms with van der Waals surface area (Å²) < 4.78 is 16.7. The summed E-state index contributed by atoms with van der Waals surface area (Å²) in [6.07, 6.45) is 3.51. The fourth-order valence-corrected chi connectivity index (χ4v) is 2.29. The quantitative estimate of drug-likeness (QED) is 0.672. The fraction of sp³-hybridized carbons (Fsp3) is 0.625. The Labute approximate surface area is 131 Å². The first kappa shape index (κ1) is 16.4. The van der Waals surface area contributed by atoms with Crippen LogP contribution < -0.4 is 14.8 Å². The molecule has 1 aliphatic carbocycles. The van der Waals surface area contributed by atoms with E-state index >= 15 is 0 Å². The maximum absolute atomic E-state index is 6.15. The van der Waals surface area contributed by atoms with Gasteiger partial charge in [0.25, 0.3) is 0 Å². The lowest BCUT2D eigenvalue weighted by molar-refractivity contribution is 0.0991. The van der Waals surface area contributed by atoms with E-state index in [1.807, 2.05) is 6.07 Å². The van der Waals surface area contributed by atoms with Gasteiger partial charge < -0.3 is 19.5 Å². The third kappa shape index (κ3) is 5.38. The largest absolute Gasteiger partial charge is 0.493 e. The van der Waals surface area contributed by atoms with Crippen molar-refractivity contribution in [3.8, 4) is 11.5 Å². The number of hydrogen-bond donors (Lipinski definition) is 1. The van der Waals surface area contributed by atoms with E-state index in [2.05, 4.69) is 12.2 Å². The smallest absolute Gasteiger partial charge is 0.165 e. The van der Waals surface area contributed by atoms with Gasteiger partial charge in [-0.25, -0.2) is 0 Å². The highest BCUT2D eigenvalue weighted by molar-refractivity contribution is 6.30. The maximum atomic E-state index is 6.15. The maximum Gasteiger partial charge on any atom is 0.165 e. The van der Waals surface area contributed by atoms with Gasteiger partial charge in [0.05, 0.1) is 13.7 Å². The van der Waals surface area contributed by atoms with Gasteiger partial charge >= 0.3 is 0 Å². The molecule has 2 rings (SSSR count). The lowest BCUT2D eigenvalue weighted by Crippen LogP contribution is -2.17. The van der Waals surface area contributed by atoms with Crippen LogP contribution in [0.25, 0.3) is 0 Å². The summed E-state index contributed by atoms with van der Waals surface area (Å²) in [5.41, 5.74) is 1.03. The van der Waals surface area contributed by atoms with Crippen molar-refractivity contribution >= 4 is 11.6 Å². The Kier molecular flexibility index (Phi) is 6.61. The van der Waals surface area contributed by atoms with Crippen LogP contribution in [0.4, 0.5) is 0 Å². The first-order valence-corrected chi connectivity index (χ1v) is 7.92. The van der Waals surface area contributed by atoms with E-state index in [0.717, 1.165) is 30.9 Å². The van der Waals surface area contributed by atoms with E-state index in [1.165, 1.54) is 12.8 Å². The van der Waals surface area contributed by atoms with Gasteiger partial charge in [0.1, 0.15) is 6.61 Å². The van der Waals surface area contributed by atoms with Crippen molar-refractivity contribution in [1.82, 2.24) is 5.32 Å². The average molecular weight is 314 g/mol. The molecule has 4 nitrogen and oxygen atoms in total. The summed E-state index contributed by atoms with van der Waals surface area (Å²) in [6.45, 7) is 4.68. The minimum atomic E-state index is 0.508. The molecule has 0 aromatic heterocycles. The highest BCUT2D eigenvalue weighted by Crippen LogP contribution is 2.35. The number of benzene rings is 1. The van der Waals surface area contributed by atoms with Gasteiger partial charge in [-0.05, 0) is 25.3 Å². The van der Waals surface area contributed by atoms with Crippen LogP contribution in [0.1, 0.15) is 31.7 Å². The summed E-state index contributed by atoms with van der Waals surface area (Å²) in [6, 6.07) is 4.35. The van der Waals surface area contributed by atoms with E-state index in [4.69, 9.17) is 25.8 Å². The zero-order valence-corrected chi connectivity index (χ0v) is 13.5. The molecule has 1 aromatic carbocycles. The molecule has 1 fully saturated rings. The van der Waals surface area contributed by atoms with Crippen LogP contribution in [-0.2, 0) is 11.3 Å². The Hall–Kier alpha value is -0.970. The molecule has 0 bridgehead atoms. The van der Waals surface area contributed by atoms with Crippen LogP contribution in [0.2, 0.25) is 5.02 Å². The lowest BCUT2D eigenvalue weighted by atomic mass is 10.2. The van der Waals surface area contributed by atoms with Crippen molar-refractivity contribution in [1.29, 1.82) is 0 Å². The molecule has 0 amide bonds. The molecule has 1 aromatic rings. The van der Waals surface area contributed by atoms with Gasteiger partial charge in [-0.1, -0.05) is 18.5 Å². The Morgan fingerprint density at radius 1 is 1.24 bits per heavy atom. The highest BCUT2D eigenvalue weighted by Gasteiger charge is 2.21. The predicted octanol–water partition coefficient (Wildman–Crippen LogP) is 3.41. The molecular weight excluding hydrogens is 290 g/mol. The molecule has 0 heterocycles. The van der Waals surface area contributed by atoms with E-state index in [9.17, 15) is 0 Å². The van der Waals surface area contributed by atoms with E-state index in [1.54, 1.807) is 13.2 Å². The van der Waals surface area contributed by atoms with Crippen LogP contribution in [0.5, 0.6) is 11.5 Å². The number of ether oxygens (including phenoxy) is 3. The van der Waals surface area contributed by atoms with Gasteiger partial charge in [-0.15, -0.1) is 0 Å². The van der Waals surface area contributed by atoms with Crippen molar-refractivity contribution in [2.45, 2.75) is 38.8 Å². The third-order valence-electron chi connectivity index (χ3n) is 3.30. The second kappa shape index (κ2) is 8.47. The molecule has 0 radical (unpaired) electrons. The zero-order chi connectivity index (χ0) is 15.1. The second-order valence-corrected chi connectivity index (χ2v) is 5.65. The number of methoxy groups -OCH3 is 1. The molecule has 1 aliphatic rings. The topological polar surface area (TPSA) is 39.7 Å². The van der Waals surface area contributed by atoms with Crippen molar-refractivity contribution in [2.75, 3.05) is 26.9 Å². The normalized spacial score (nSPS) is 14.2. The molecule has 0 atom stereocenters. The molecule has 1 N–H and O–H groups in total. The Bertz CT molecular complexity index is 449. The van der Waals surface area contributed by atoms with E-state index in [-0.39, 0.29) is 0 Å². The second-order valence-electron chi connectivity index (χ2n) is 5.21. The first-order chi connectivity index (χ1) is 10.2. The SMILES string of the molecule is CCCOCCOc1c(CNC2CC2)cc(Cl)cc1OC. The Morgan fingerprint density at radius 2 is 2.05 bits per heavy atom. The summed E-state index contributed by atoms with van der Waals surface area (Å²) in [4.78, 5) is 0. The van der Waals surface area contributed by atoms with Crippen LogP contribution in [0, 0.1) is 0 Å². The molecule has 118 valence electrons. The number of nitrogens with one attached hydrogen (secondary N) is 1. The summed E-state index contributed by atoms with van der Waals surface area (Å²) in [5.74, 6) is 1.43. The van der Waals surface area contributed by atoms with Gasteiger partial charge in [0.15, 0.2) is 11.5 Å². The Morgan fingerprint density at radius 3 is 2.71 bits per heavy atom. The number of hydrogen-bond acceptors (Lipinski definition) is 4. The van der Waals surface area contributed by atoms with E-state index in [0.29, 0.717) is 30.0 Å². The van der Waals surface area contributed by atoms with Crippen molar-refractivity contribution in [2.24, 2.45) is 0 Å². The Balaban J connectivity index is 1.99. The molecule has 0 saturated heterocycles. The number of halogens is 1. The molecule has 5 heteroatoms. The average Bonchev–Trinajstić information content (AvgIpc) is 3.30. The molecular formula is C16H24ClNO3. The van der Waals surface area contributed by atoms with Gasteiger partial charge in [-0.3, -0.25) is 0 Å². The summed E-state index contributed by atoms with van der Waals surface area (Å²) >= 11 is 6.15. The summed E-state index contributed by atoms with van der Waals surface area (Å²) in [5, 5.41) is 4.14. The minimum Gasteiger partial charge on any atom is -0.493 e. The molecule has 0 unspecified atom stereocenters. The minimum absolute atomic E-state index is 0.508. The first-order valence-electron chi connectivity index (χ1n) is 7.55. The summed E-state index contributed by atoms with van der Waals surface area (Å²) in [7, 11) is 1.63. The van der Waals surface area contributed by atoms with Crippen LogP contribution >= 0.6 is 11.6 Å². The molecule has 21 heavy (non-hydrogen) atoms. The predicted molar refractivity (Wildman–Crippen MR) is 84.5 cm³/mol. The monoisotopic (exact) mass is 313 g/mol. The molecule has 1 saturated carbocycles. The van der Waals surface area contributed by atoms with Crippen molar-refractivity contribution < 1.29 is 14.2 Å². The van der Waals surface area contributed by atoms with Crippen LogP contribution in [0.3, 0.4) is 0 Å². The van der Waals surface area contributed by atoms with Crippen molar-refractivity contribution in [3.63, 3.8) is 0 Å². The van der Waals surface area contributed by atoms with Gasteiger partial charge in [0, 0.05) is 35.8 Å². The zero-order valence-electron chi connectivity index (χ0n) is 12.8. The van der Waals surface area contributed by atoms with Gasteiger partial charge in [-0.2, -0.15) is 0 Å². The standard InChI is InChI=1S/C16H24ClNO3/c1-3-6-20-7-8-21-16-12(11-18-14-4-5-14)9-13(17)10-15(16)19-2/h9-10,14,18H,3-8,11H2,1-2H3. The van der Waals surface area contributed by atoms with Gasteiger partial charge in [0.2, 0.25) is 0 Å². The highest BCUT2D eigenvalue weighted by atomic mass is 35.5. The van der Waals surface area contributed by atoms with Crippen LogP contribution in [-0.4, -0.2) is 33.0 Å². The lowest BCUT2D eigenvalue weighted by Gasteiger charge is -2.16. The van der Waals surface area contributed by atoms with E-state index < -0.39 is 0 Å². The molecule has 0 spiro atoms. The number of rotatable bonds is 10. The van der Waals surface area contributed by atoms with Crippen LogP contribution in [0.15, 0.2) is 12.1 Å². The van der Waals surface area contributed by atoms with Crippen molar-refractivity contribution in [3.05, 3.63) is 22.7 Å².